The molecule has 1 aliphatic rings. The molecule has 144 valence electrons. The number of amides is 3. The van der Waals surface area contributed by atoms with E-state index in [2.05, 4.69) is 20.9 Å². The molecule has 2 aromatic rings. The van der Waals surface area contributed by atoms with Gasteiger partial charge in [-0.05, 0) is 30.5 Å². The lowest BCUT2D eigenvalue weighted by atomic mass is 9.95. The molecule has 0 atom stereocenters. The highest BCUT2D eigenvalue weighted by molar-refractivity contribution is 5.84. The summed E-state index contributed by atoms with van der Waals surface area (Å²) in [5.41, 5.74) is 1.01. The van der Waals surface area contributed by atoms with Gasteiger partial charge in [0, 0.05) is 25.0 Å². The van der Waals surface area contributed by atoms with E-state index in [1.54, 1.807) is 29.1 Å². The summed E-state index contributed by atoms with van der Waals surface area (Å²) in [6.45, 7) is 0.0907. The Balaban J connectivity index is 1.41. The Bertz CT molecular complexity index is 772. The number of aromatic nitrogens is 2. The van der Waals surface area contributed by atoms with Crippen LogP contribution in [0, 0.1) is 5.82 Å². The van der Waals surface area contributed by atoms with Crippen LogP contribution in [0.1, 0.15) is 37.7 Å². The monoisotopic (exact) mass is 373 g/mol. The second-order valence-corrected chi connectivity index (χ2v) is 6.69. The van der Waals surface area contributed by atoms with Crippen molar-refractivity contribution in [3.05, 3.63) is 48.3 Å². The van der Waals surface area contributed by atoms with E-state index in [4.69, 9.17) is 0 Å². The molecule has 3 N–H and O–H groups in total. The van der Waals surface area contributed by atoms with Crippen molar-refractivity contribution >= 4 is 11.9 Å². The molecular formula is C19H24FN5O2. The minimum atomic E-state index is -0.465. The molecule has 27 heavy (non-hydrogen) atoms. The van der Waals surface area contributed by atoms with E-state index < -0.39 is 11.8 Å². The number of nitrogens with one attached hydrogen (secondary N) is 3. The van der Waals surface area contributed by atoms with Gasteiger partial charge in [-0.2, -0.15) is 0 Å². The van der Waals surface area contributed by atoms with E-state index in [1.165, 1.54) is 18.8 Å². The van der Waals surface area contributed by atoms with Crippen LogP contribution in [0.25, 0.3) is 5.69 Å². The first-order chi connectivity index (χ1) is 13.1. The van der Waals surface area contributed by atoms with E-state index in [9.17, 15) is 14.0 Å². The minimum Gasteiger partial charge on any atom is -0.352 e. The Labute approximate surface area is 157 Å². The topological polar surface area (TPSA) is 88.1 Å². The first-order valence-corrected chi connectivity index (χ1v) is 9.19. The average Bonchev–Trinajstić information content (AvgIpc) is 3.20. The zero-order valence-electron chi connectivity index (χ0n) is 15.1. The van der Waals surface area contributed by atoms with Crippen LogP contribution in [0.2, 0.25) is 0 Å². The third kappa shape index (κ3) is 5.54. The lowest BCUT2D eigenvalue weighted by molar-refractivity contribution is -0.121. The summed E-state index contributed by atoms with van der Waals surface area (Å²) in [5, 5.41) is 8.08. The molecule has 1 aromatic carbocycles. The molecular weight excluding hydrogens is 349 g/mol. The van der Waals surface area contributed by atoms with Crippen LogP contribution in [0.3, 0.4) is 0 Å². The Morgan fingerprint density at radius 2 is 2.00 bits per heavy atom. The van der Waals surface area contributed by atoms with Crippen LogP contribution in [-0.4, -0.2) is 34.1 Å². The molecule has 7 nitrogen and oxygen atoms in total. The Morgan fingerprint density at radius 1 is 1.19 bits per heavy atom. The van der Waals surface area contributed by atoms with Crippen LogP contribution >= 0.6 is 0 Å². The Morgan fingerprint density at radius 3 is 2.70 bits per heavy atom. The van der Waals surface area contributed by atoms with Gasteiger partial charge in [0.2, 0.25) is 5.91 Å². The standard InChI is InChI=1S/C19H24FN5O2/c20-16-10-14(6-7-17(16)25-9-8-21-13-25)11-22-19(27)23-12-18(26)24-15-4-2-1-3-5-15/h6-10,13,15H,1-5,11-12H2,(H,24,26)(H2,22,23,27). The third-order valence-corrected chi connectivity index (χ3v) is 4.63. The lowest BCUT2D eigenvalue weighted by Crippen LogP contribution is -2.45. The number of imidazole rings is 1. The summed E-state index contributed by atoms with van der Waals surface area (Å²) in [5.74, 6) is -0.590. The summed E-state index contributed by atoms with van der Waals surface area (Å²) in [4.78, 5) is 27.6. The molecule has 0 aliphatic heterocycles. The van der Waals surface area contributed by atoms with Crippen LogP contribution in [0.15, 0.2) is 36.9 Å². The maximum atomic E-state index is 14.2. The fourth-order valence-corrected chi connectivity index (χ4v) is 3.20. The van der Waals surface area contributed by atoms with Gasteiger partial charge < -0.3 is 20.5 Å². The van der Waals surface area contributed by atoms with E-state index in [0.717, 1.165) is 25.7 Å². The van der Waals surface area contributed by atoms with Gasteiger partial charge >= 0.3 is 6.03 Å². The smallest absolute Gasteiger partial charge is 0.315 e. The maximum Gasteiger partial charge on any atom is 0.315 e. The summed E-state index contributed by atoms with van der Waals surface area (Å²) in [7, 11) is 0. The van der Waals surface area contributed by atoms with Crippen molar-refractivity contribution in [3.63, 3.8) is 0 Å². The normalized spacial score (nSPS) is 14.6. The fourth-order valence-electron chi connectivity index (χ4n) is 3.20. The zero-order chi connectivity index (χ0) is 19.1. The van der Waals surface area contributed by atoms with Gasteiger partial charge in [0.15, 0.2) is 0 Å². The first kappa shape index (κ1) is 18.9. The van der Waals surface area contributed by atoms with E-state index >= 15 is 0 Å². The summed E-state index contributed by atoms with van der Waals surface area (Å²) in [6.07, 6.45) is 10.2. The van der Waals surface area contributed by atoms with Crippen molar-refractivity contribution in [1.82, 2.24) is 25.5 Å². The van der Waals surface area contributed by atoms with Crippen molar-refractivity contribution in [2.75, 3.05) is 6.54 Å². The predicted molar refractivity (Wildman–Crippen MR) is 98.8 cm³/mol. The molecule has 1 fully saturated rings. The van der Waals surface area contributed by atoms with Crippen molar-refractivity contribution in [3.8, 4) is 5.69 Å². The van der Waals surface area contributed by atoms with Crippen LogP contribution < -0.4 is 16.0 Å². The molecule has 3 rings (SSSR count). The van der Waals surface area contributed by atoms with Gasteiger partial charge in [-0.3, -0.25) is 4.79 Å². The number of hydrogen-bond donors (Lipinski definition) is 3. The molecule has 0 bridgehead atoms. The second-order valence-electron chi connectivity index (χ2n) is 6.69. The van der Waals surface area contributed by atoms with Gasteiger partial charge in [-0.25, -0.2) is 14.2 Å². The second kappa shape index (κ2) is 9.16. The fraction of sp³-hybridized carbons (Fsp3) is 0.421. The van der Waals surface area contributed by atoms with Crippen LogP contribution in [0.5, 0.6) is 0 Å². The van der Waals surface area contributed by atoms with Crippen molar-refractivity contribution in [2.24, 2.45) is 0 Å². The summed E-state index contributed by atoms with van der Waals surface area (Å²) < 4.78 is 15.8. The third-order valence-electron chi connectivity index (χ3n) is 4.63. The first-order valence-electron chi connectivity index (χ1n) is 9.19. The number of halogens is 1. The number of rotatable bonds is 6. The summed E-state index contributed by atoms with van der Waals surface area (Å²) >= 11 is 0. The predicted octanol–water partition coefficient (Wildman–Crippen LogP) is 2.26. The molecule has 1 aliphatic carbocycles. The molecule has 1 heterocycles. The van der Waals surface area contributed by atoms with Crippen molar-refractivity contribution < 1.29 is 14.0 Å². The van der Waals surface area contributed by atoms with Crippen LogP contribution in [0.4, 0.5) is 9.18 Å². The molecule has 1 saturated carbocycles. The number of benzene rings is 1. The average molecular weight is 373 g/mol. The highest BCUT2D eigenvalue weighted by atomic mass is 19.1. The highest BCUT2D eigenvalue weighted by Gasteiger charge is 2.15. The lowest BCUT2D eigenvalue weighted by Gasteiger charge is -2.22. The van der Waals surface area contributed by atoms with E-state index in [1.807, 2.05) is 0 Å². The number of hydrogen-bond acceptors (Lipinski definition) is 3. The zero-order valence-corrected chi connectivity index (χ0v) is 15.1. The quantitative estimate of drug-likeness (QED) is 0.726. The highest BCUT2D eigenvalue weighted by Crippen LogP contribution is 2.17. The SMILES string of the molecule is O=C(CNC(=O)NCc1ccc(-n2ccnc2)c(F)c1)NC1CCCCC1. The van der Waals surface area contributed by atoms with Crippen LogP contribution in [-0.2, 0) is 11.3 Å². The number of nitrogens with zero attached hydrogens (tertiary/aromatic N) is 2. The number of carbonyl (C=O) groups excluding carboxylic acids is 2. The van der Waals surface area contributed by atoms with Gasteiger partial charge in [-0.1, -0.05) is 25.3 Å². The number of carbonyl (C=O) groups is 2. The van der Waals surface area contributed by atoms with Gasteiger partial charge in [0.05, 0.1) is 18.6 Å². The minimum absolute atomic E-state index is 0.0732. The summed E-state index contributed by atoms with van der Waals surface area (Å²) in [6, 6.07) is 4.48. The van der Waals surface area contributed by atoms with Gasteiger partial charge in [0.1, 0.15) is 5.82 Å². The molecule has 0 radical (unpaired) electrons. The van der Waals surface area contributed by atoms with E-state index in [0.29, 0.717) is 11.3 Å². The molecule has 1 aromatic heterocycles. The maximum absolute atomic E-state index is 14.2. The molecule has 8 heteroatoms. The molecule has 3 amide bonds. The van der Waals surface area contributed by atoms with Crippen molar-refractivity contribution in [2.45, 2.75) is 44.7 Å². The molecule has 0 spiro atoms. The largest absolute Gasteiger partial charge is 0.352 e. The number of urea groups is 1. The Hall–Kier alpha value is -2.90. The van der Waals surface area contributed by atoms with Gasteiger partial charge in [-0.15, -0.1) is 0 Å². The molecule has 0 unspecified atom stereocenters. The Kier molecular flexibility index (Phi) is 6.40. The molecule has 0 saturated heterocycles. The van der Waals surface area contributed by atoms with Gasteiger partial charge in [0.25, 0.3) is 0 Å². The van der Waals surface area contributed by atoms with Crippen molar-refractivity contribution in [1.29, 1.82) is 0 Å². The van der Waals surface area contributed by atoms with E-state index in [-0.39, 0.29) is 25.0 Å².